The molecule has 1 aromatic carbocycles. The molecule has 17 heavy (non-hydrogen) atoms. The number of carboxylic acid groups (broad SMARTS) is 1. The summed E-state index contributed by atoms with van der Waals surface area (Å²) in [5.41, 5.74) is -0.460. The Balaban J connectivity index is 3.13. The Labute approximate surface area is 95.6 Å². The molecular weight excluding hydrogens is 235 g/mol. The second kappa shape index (κ2) is 5.49. The van der Waals surface area contributed by atoms with E-state index in [9.17, 15) is 18.0 Å². The van der Waals surface area contributed by atoms with Gasteiger partial charge in [-0.25, -0.2) is 13.2 Å². The maximum absolute atomic E-state index is 13.3. The number of carboxylic acids is 1. The molecule has 0 aromatic heterocycles. The molecule has 1 rings (SSSR count). The SMILES string of the molecule is C=CCNC(C(=O)O)c1cc(F)c(F)cc1F. The molecule has 3 nitrogen and oxygen atoms in total. The maximum atomic E-state index is 13.3. The molecule has 0 saturated heterocycles. The molecule has 2 N–H and O–H groups in total. The standard InChI is InChI=1S/C11H10F3NO2/c1-2-3-15-10(11(16)17)6-4-8(13)9(14)5-7(6)12/h2,4-5,10,15H,1,3H2,(H,16,17). The van der Waals surface area contributed by atoms with E-state index in [-0.39, 0.29) is 6.54 Å². The van der Waals surface area contributed by atoms with Crippen molar-refractivity contribution in [3.05, 3.63) is 47.8 Å². The molecule has 6 heteroatoms. The average Bonchev–Trinajstić information content (AvgIpc) is 2.25. The molecule has 1 atom stereocenters. The lowest BCUT2D eigenvalue weighted by Crippen LogP contribution is -2.29. The number of hydrogen-bond acceptors (Lipinski definition) is 2. The fourth-order valence-electron chi connectivity index (χ4n) is 1.29. The Bertz CT molecular complexity index is 449. The summed E-state index contributed by atoms with van der Waals surface area (Å²) in [5, 5.41) is 11.3. The number of carbonyl (C=O) groups is 1. The van der Waals surface area contributed by atoms with Gasteiger partial charge in [0.25, 0.3) is 0 Å². The minimum absolute atomic E-state index is 0.0927. The van der Waals surface area contributed by atoms with Crippen LogP contribution in [0.1, 0.15) is 11.6 Å². The highest BCUT2D eigenvalue weighted by Gasteiger charge is 2.24. The highest BCUT2D eigenvalue weighted by Crippen LogP contribution is 2.20. The van der Waals surface area contributed by atoms with Gasteiger partial charge in [-0.1, -0.05) is 6.08 Å². The van der Waals surface area contributed by atoms with Crippen LogP contribution < -0.4 is 5.32 Å². The van der Waals surface area contributed by atoms with Crippen LogP contribution in [0.3, 0.4) is 0 Å². The number of rotatable bonds is 5. The van der Waals surface area contributed by atoms with Gasteiger partial charge >= 0.3 is 5.97 Å². The van der Waals surface area contributed by atoms with Crippen LogP contribution in [0.2, 0.25) is 0 Å². The van der Waals surface area contributed by atoms with Gasteiger partial charge in [-0.2, -0.15) is 0 Å². The zero-order valence-corrected chi connectivity index (χ0v) is 8.71. The van der Waals surface area contributed by atoms with Gasteiger partial charge < -0.3 is 5.11 Å². The largest absolute Gasteiger partial charge is 0.480 e. The van der Waals surface area contributed by atoms with Crippen molar-refractivity contribution < 1.29 is 23.1 Å². The van der Waals surface area contributed by atoms with E-state index in [2.05, 4.69) is 11.9 Å². The number of halogens is 3. The van der Waals surface area contributed by atoms with Crippen LogP contribution in [0.25, 0.3) is 0 Å². The van der Waals surface area contributed by atoms with E-state index in [0.717, 1.165) is 0 Å². The van der Waals surface area contributed by atoms with E-state index in [1.54, 1.807) is 0 Å². The van der Waals surface area contributed by atoms with E-state index in [1.165, 1.54) is 6.08 Å². The summed E-state index contributed by atoms with van der Waals surface area (Å²) in [6, 6.07) is -0.612. The van der Waals surface area contributed by atoms with Crippen LogP contribution in [0.15, 0.2) is 24.8 Å². The first kappa shape index (κ1) is 13.2. The topological polar surface area (TPSA) is 49.3 Å². The summed E-state index contributed by atoms with van der Waals surface area (Å²) in [6.45, 7) is 3.45. The van der Waals surface area contributed by atoms with Crippen molar-refractivity contribution in [1.82, 2.24) is 5.32 Å². The first-order valence-corrected chi connectivity index (χ1v) is 4.69. The predicted octanol–water partition coefficient (Wildman–Crippen LogP) is 2.01. The Morgan fingerprint density at radius 1 is 1.35 bits per heavy atom. The van der Waals surface area contributed by atoms with Crippen molar-refractivity contribution in [3.8, 4) is 0 Å². The van der Waals surface area contributed by atoms with Crippen molar-refractivity contribution in [1.29, 1.82) is 0 Å². The Morgan fingerprint density at radius 3 is 2.47 bits per heavy atom. The summed E-state index contributed by atoms with van der Waals surface area (Å²) < 4.78 is 38.9. The fraction of sp³-hybridized carbons (Fsp3) is 0.182. The van der Waals surface area contributed by atoms with Crippen molar-refractivity contribution >= 4 is 5.97 Å². The summed E-state index contributed by atoms with van der Waals surface area (Å²) in [6.07, 6.45) is 1.37. The van der Waals surface area contributed by atoms with Crippen molar-refractivity contribution in [2.75, 3.05) is 6.54 Å². The predicted molar refractivity (Wildman–Crippen MR) is 54.9 cm³/mol. The van der Waals surface area contributed by atoms with Crippen LogP contribution in [-0.2, 0) is 4.79 Å². The summed E-state index contributed by atoms with van der Waals surface area (Å²) >= 11 is 0. The molecule has 0 bridgehead atoms. The summed E-state index contributed by atoms with van der Waals surface area (Å²) in [7, 11) is 0. The highest BCUT2D eigenvalue weighted by molar-refractivity contribution is 5.75. The zero-order valence-electron chi connectivity index (χ0n) is 8.71. The average molecular weight is 245 g/mol. The minimum atomic E-state index is -1.46. The lowest BCUT2D eigenvalue weighted by Gasteiger charge is -2.14. The van der Waals surface area contributed by atoms with Crippen molar-refractivity contribution in [3.63, 3.8) is 0 Å². The van der Waals surface area contributed by atoms with Gasteiger partial charge in [-0.15, -0.1) is 6.58 Å². The molecule has 0 saturated carbocycles. The smallest absolute Gasteiger partial charge is 0.325 e. The fourth-order valence-corrected chi connectivity index (χ4v) is 1.29. The zero-order chi connectivity index (χ0) is 13.0. The minimum Gasteiger partial charge on any atom is -0.480 e. The van der Waals surface area contributed by atoms with Gasteiger partial charge in [0.1, 0.15) is 11.9 Å². The monoisotopic (exact) mass is 245 g/mol. The van der Waals surface area contributed by atoms with Gasteiger partial charge in [-0.05, 0) is 6.07 Å². The molecule has 0 aliphatic heterocycles. The maximum Gasteiger partial charge on any atom is 0.325 e. The number of aliphatic carboxylic acids is 1. The van der Waals surface area contributed by atoms with Crippen LogP contribution in [0, 0.1) is 17.5 Å². The van der Waals surface area contributed by atoms with Gasteiger partial charge in [0.2, 0.25) is 0 Å². The molecule has 0 fully saturated rings. The molecule has 0 spiro atoms. The van der Waals surface area contributed by atoms with Gasteiger partial charge in [0.05, 0.1) is 0 Å². The van der Waals surface area contributed by atoms with Gasteiger partial charge in [-0.3, -0.25) is 10.1 Å². The van der Waals surface area contributed by atoms with Crippen LogP contribution in [-0.4, -0.2) is 17.6 Å². The van der Waals surface area contributed by atoms with Crippen LogP contribution in [0.5, 0.6) is 0 Å². The van der Waals surface area contributed by atoms with Crippen LogP contribution >= 0.6 is 0 Å². The van der Waals surface area contributed by atoms with Crippen molar-refractivity contribution in [2.24, 2.45) is 0 Å². The van der Waals surface area contributed by atoms with E-state index in [0.29, 0.717) is 12.1 Å². The summed E-state index contributed by atoms with van der Waals surface area (Å²) in [5.74, 6) is -5.17. The van der Waals surface area contributed by atoms with E-state index < -0.39 is 35.0 Å². The van der Waals surface area contributed by atoms with E-state index in [4.69, 9.17) is 5.11 Å². The van der Waals surface area contributed by atoms with E-state index in [1.807, 2.05) is 0 Å². The molecule has 1 unspecified atom stereocenters. The van der Waals surface area contributed by atoms with Gasteiger partial charge in [0.15, 0.2) is 11.6 Å². The third-order valence-corrected chi connectivity index (χ3v) is 2.06. The lowest BCUT2D eigenvalue weighted by atomic mass is 10.1. The third-order valence-electron chi connectivity index (χ3n) is 2.06. The van der Waals surface area contributed by atoms with Gasteiger partial charge in [0, 0.05) is 18.2 Å². The molecule has 1 aromatic rings. The number of benzene rings is 1. The molecule has 0 aliphatic carbocycles. The first-order valence-electron chi connectivity index (χ1n) is 4.69. The third kappa shape index (κ3) is 3.07. The van der Waals surface area contributed by atoms with Crippen molar-refractivity contribution in [2.45, 2.75) is 6.04 Å². The number of nitrogens with one attached hydrogen (secondary N) is 1. The Morgan fingerprint density at radius 2 is 1.94 bits per heavy atom. The lowest BCUT2D eigenvalue weighted by molar-refractivity contribution is -0.139. The molecule has 0 amide bonds. The molecule has 0 aliphatic rings. The van der Waals surface area contributed by atoms with E-state index >= 15 is 0 Å². The molecule has 0 heterocycles. The molecular formula is C11H10F3NO2. The van der Waals surface area contributed by atoms with Crippen LogP contribution in [0.4, 0.5) is 13.2 Å². The first-order chi connectivity index (χ1) is 7.97. The quantitative estimate of drug-likeness (QED) is 0.616. The normalized spacial score (nSPS) is 12.2. The second-order valence-electron chi connectivity index (χ2n) is 3.26. The Hall–Kier alpha value is -1.82. The molecule has 0 radical (unpaired) electrons. The number of hydrogen-bond donors (Lipinski definition) is 2. The summed E-state index contributed by atoms with van der Waals surface area (Å²) in [4.78, 5) is 10.9. The molecule has 92 valence electrons. The highest BCUT2D eigenvalue weighted by atomic mass is 19.2. The second-order valence-corrected chi connectivity index (χ2v) is 3.26. The Kier molecular flexibility index (Phi) is 4.28.